The van der Waals surface area contributed by atoms with E-state index in [1.807, 2.05) is 21.1 Å². The van der Waals surface area contributed by atoms with Crippen LogP contribution in [0.4, 0.5) is 0 Å². The van der Waals surface area contributed by atoms with Gasteiger partial charge in [0.2, 0.25) is 0 Å². The van der Waals surface area contributed by atoms with Crippen molar-refractivity contribution in [2.75, 3.05) is 34.3 Å². The van der Waals surface area contributed by atoms with Gasteiger partial charge in [0.25, 0.3) is 6.47 Å². The fraction of sp³-hybridized carbons (Fsp3) is 0.833. The van der Waals surface area contributed by atoms with Gasteiger partial charge in [-0.05, 0) is 0 Å². The SMILES string of the molecule is C[N+](C)(C)CCOP(=O)(O)O.O=CO.P.[CaH2]. The Morgan fingerprint density at radius 1 is 1.31 bits per heavy atom. The van der Waals surface area contributed by atoms with Crippen molar-refractivity contribution >= 4 is 61.9 Å². The van der Waals surface area contributed by atoms with Crippen LogP contribution in [-0.4, -0.2) is 97.9 Å². The standard InChI is InChI=1S/C5H14NO4P.CH2O2.Ca.H3P.2H/c1-6(2,3)4-5-10-11(7,8)9;2-1-3;;;;/h4-5H2,1-3H3,(H-,7,8,9);1H,(H,2,3);;1H3;;/p+1. The number of phosphoric acid groups is 1. The molecule has 0 rings (SSSR count). The third kappa shape index (κ3) is 36.2. The van der Waals surface area contributed by atoms with Gasteiger partial charge >= 0.3 is 45.6 Å². The van der Waals surface area contributed by atoms with Gasteiger partial charge in [0.1, 0.15) is 13.2 Å². The second kappa shape index (κ2) is 12.7. The van der Waals surface area contributed by atoms with Crippen molar-refractivity contribution < 1.29 is 33.3 Å². The Hall–Kier alpha value is 1.23. The average molecular weight is 306 g/mol. The molecule has 0 spiro atoms. The first-order chi connectivity index (χ1) is 6.12. The number of nitrogens with zero attached hydrogens (tertiary/aromatic N) is 1. The minimum atomic E-state index is -4.26. The van der Waals surface area contributed by atoms with Crippen LogP contribution in [0.5, 0.6) is 0 Å². The van der Waals surface area contributed by atoms with Gasteiger partial charge in [-0.25, -0.2) is 4.57 Å². The van der Waals surface area contributed by atoms with E-state index in [-0.39, 0.29) is 60.7 Å². The van der Waals surface area contributed by atoms with Crippen molar-refractivity contribution in [3.05, 3.63) is 0 Å². The van der Waals surface area contributed by atoms with Crippen LogP contribution in [0.3, 0.4) is 0 Å². The van der Waals surface area contributed by atoms with Gasteiger partial charge in [-0.1, -0.05) is 0 Å². The Morgan fingerprint density at radius 2 is 1.62 bits per heavy atom. The topological polar surface area (TPSA) is 104 Å². The summed E-state index contributed by atoms with van der Waals surface area (Å²) in [4.78, 5) is 25.0. The van der Waals surface area contributed by atoms with Crippen LogP contribution in [0.1, 0.15) is 0 Å². The molecule has 0 fully saturated rings. The summed E-state index contributed by atoms with van der Waals surface area (Å²) in [5.74, 6) is 0. The van der Waals surface area contributed by atoms with Crippen molar-refractivity contribution in [3.63, 3.8) is 0 Å². The summed E-state index contributed by atoms with van der Waals surface area (Å²) >= 11 is 0. The Balaban J connectivity index is -0.000000129. The van der Waals surface area contributed by atoms with E-state index < -0.39 is 7.82 Å². The van der Waals surface area contributed by atoms with E-state index in [0.717, 1.165) is 0 Å². The second-order valence-electron chi connectivity index (χ2n) is 3.44. The van der Waals surface area contributed by atoms with E-state index >= 15 is 0 Å². The van der Waals surface area contributed by atoms with Crippen LogP contribution >= 0.6 is 17.7 Å². The van der Waals surface area contributed by atoms with Crippen LogP contribution in [-0.2, 0) is 13.9 Å². The number of likely N-dealkylation sites (N-methyl/N-ethyl adjacent to an activating group) is 1. The Kier molecular flexibility index (Phi) is 20.6. The zero-order valence-corrected chi connectivity index (χ0v) is 11.5. The Morgan fingerprint density at radius 3 is 1.81 bits per heavy atom. The molecule has 0 aromatic carbocycles. The molecule has 3 N–H and O–H groups in total. The molecule has 0 aliphatic rings. The molecule has 0 amide bonds. The van der Waals surface area contributed by atoms with Crippen molar-refractivity contribution in [2.24, 2.45) is 0 Å². The van der Waals surface area contributed by atoms with Crippen molar-refractivity contribution in [2.45, 2.75) is 0 Å². The summed E-state index contributed by atoms with van der Waals surface area (Å²) in [5.41, 5.74) is 0. The quantitative estimate of drug-likeness (QED) is 0.257. The van der Waals surface area contributed by atoms with Crippen LogP contribution in [0.2, 0.25) is 0 Å². The maximum atomic E-state index is 10.2. The third-order valence-corrected chi connectivity index (χ3v) is 1.54. The van der Waals surface area contributed by atoms with Crippen LogP contribution < -0.4 is 0 Å². The first-order valence-corrected chi connectivity index (χ1v) is 5.24. The van der Waals surface area contributed by atoms with Gasteiger partial charge in [-0.15, -0.1) is 0 Å². The summed E-state index contributed by atoms with van der Waals surface area (Å²) in [6.45, 7) is 0.402. The molecule has 0 saturated carbocycles. The number of carbonyl (C=O) groups is 1. The molecule has 1 unspecified atom stereocenters. The van der Waals surface area contributed by atoms with E-state index in [4.69, 9.17) is 19.7 Å². The van der Waals surface area contributed by atoms with E-state index in [9.17, 15) is 4.57 Å². The number of carboxylic acid groups (broad SMARTS) is 1. The first-order valence-electron chi connectivity index (χ1n) is 3.71. The van der Waals surface area contributed by atoms with Crippen LogP contribution in [0.25, 0.3) is 0 Å². The fourth-order valence-electron chi connectivity index (χ4n) is 0.434. The second-order valence-corrected chi connectivity index (χ2v) is 4.68. The third-order valence-electron chi connectivity index (χ3n) is 1.02. The summed E-state index contributed by atoms with van der Waals surface area (Å²) in [6, 6.07) is 0. The van der Waals surface area contributed by atoms with Crippen molar-refractivity contribution in [1.82, 2.24) is 0 Å². The normalized spacial score (nSPS) is 10.1. The predicted octanol–water partition coefficient (Wildman–Crippen LogP) is -1.36. The molecule has 0 aromatic rings. The average Bonchev–Trinajstić information content (AvgIpc) is 1.81. The van der Waals surface area contributed by atoms with Gasteiger partial charge in [0.15, 0.2) is 0 Å². The van der Waals surface area contributed by atoms with Crippen LogP contribution in [0.15, 0.2) is 0 Å². The van der Waals surface area contributed by atoms with E-state index in [2.05, 4.69) is 4.52 Å². The van der Waals surface area contributed by atoms with E-state index in [1.54, 1.807) is 0 Å². The Labute approximate surface area is 129 Å². The van der Waals surface area contributed by atoms with E-state index in [1.165, 1.54) is 0 Å². The molecule has 0 heterocycles. The van der Waals surface area contributed by atoms with Crippen LogP contribution in [0, 0.1) is 0 Å². The molecule has 0 saturated heterocycles. The zero-order chi connectivity index (χ0) is 11.8. The van der Waals surface area contributed by atoms with Crippen molar-refractivity contribution in [3.8, 4) is 0 Å². The van der Waals surface area contributed by atoms with Gasteiger partial charge in [0.05, 0.1) is 21.1 Å². The monoisotopic (exact) mass is 306 g/mol. The number of hydrogen-bond acceptors (Lipinski definition) is 3. The Bertz CT molecular complexity index is 204. The maximum absolute atomic E-state index is 10.2. The van der Waals surface area contributed by atoms with Gasteiger partial charge in [-0.3, -0.25) is 9.32 Å². The summed E-state index contributed by atoms with van der Waals surface area (Å²) in [7, 11) is 1.50. The zero-order valence-electron chi connectivity index (χ0n) is 9.16. The van der Waals surface area contributed by atoms with Crippen molar-refractivity contribution in [1.29, 1.82) is 0 Å². The molecular formula is C6H22CaNO6P2+. The first kappa shape index (κ1) is 25.9. The number of rotatable bonds is 4. The molecule has 1 atom stereocenters. The molecule has 0 bridgehead atoms. The molecule has 0 radical (unpaired) electrons. The molecule has 7 nitrogen and oxygen atoms in total. The molecule has 98 valence electrons. The minimum absolute atomic E-state index is 0. The summed E-state index contributed by atoms with van der Waals surface area (Å²) in [5, 5.41) is 6.89. The molecule has 0 aliphatic heterocycles. The van der Waals surface area contributed by atoms with Gasteiger partial charge in [0, 0.05) is 0 Å². The summed E-state index contributed by atoms with van der Waals surface area (Å²) in [6.07, 6.45) is 0. The number of hydrogen-bond donors (Lipinski definition) is 3. The molecule has 0 aliphatic carbocycles. The molecule has 0 aromatic heterocycles. The van der Waals surface area contributed by atoms with E-state index in [0.29, 0.717) is 11.0 Å². The van der Waals surface area contributed by atoms with Gasteiger partial charge < -0.3 is 19.4 Å². The molecule has 10 heteroatoms. The summed E-state index contributed by atoms with van der Waals surface area (Å²) < 4.78 is 15.1. The molecule has 16 heavy (non-hydrogen) atoms. The molecular weight excluding hydrogens is 284 g/mol. The number of phosphoric ester groups is 1. The van der Waals surface area contributed by atoms with Gasteiger partial charge in [-0.2, -0.15) is 9.90 Å². The fourth-order valence-corrected chi connectivity index (χ4v) is 0.753. The predicted molar refractivity (Wildman–Crippen MR) is 69.2 cm³/mol. The number of quaternary nitrogens is 1.